The number of carbonyl (C=O) groups is 3. The minimum atomic E-state index is -1.04. The second-order valence-electron chi connectivity index (χ2n) is 10.4. The van der Waals surface area contributed by atoms with Gasteiger partial charge < -0.3 is 33.3 Å². The van der Waals surface area contributed by atoms with Crippen LogP contribution in [0.3, 0.4) is 0 Å². The Labute approximate surface area is 255 Å². The van der Waals surface area contributed by atoms with Crippen molar-refractivity contribution in [2.24, 2.45) is 4.99 Å². The Morgan fingerprint density at radius 3 is 2.23 bits per heavy atom. The molecule has 0 radical (unpaired) electrons. The van der Waals surface area contributed by atoms with E-state index in [9.17, 15) is 14.4 Å². The van der Waals surface area contributed by atoms with Crippen molar-refractivity contribution in [1.29, 1.82) is 0 Å². The van der Waals surface area contributed by atoms with Crippen LogP contribution >= 0.6 is 0 Å². The average molecular weight is 606 g/mol. The van der Waals surface area contributed by atoms with Gasteiger partial charge in [-0.2, -0.15) is 0 Å². The number of hydrogen-bond donors (Lipinski definition) is 0. The van der Waals surface area contributed by atoms with Crippen LogP contribution in [0.1, 0.15) is 24.0 Å². The number of nitrogens with zero attached hydrogens (tertiary/aromatic N) is 3. The Morgan fingerprint density at radius 2 is 1.66 bits per heavy atom. The Kier molecular flexibility index (Phi) is 8.27. The maximum absolute atomic E-state index is 13.8. The third-order valence-electron chi connectivity index (χ3n) is 8.38. The number of aliphatic imine (C=N–C) groups is 1. The highest BCUT2D eigenvalue weighted by Crippen LogP contribution is 2.57. The summed E-state index contributed by atoms with van der Waals surface area (Å²) in [7, 11) is 8.56. The smallest absolute Gasteiger partial charge is 0.357 e. The molecule has 2 atom stereocenters. The van der Waals surface area contributed by atoms with Crippen LogP contribution in [-0.4, -0.2) is 83.8 Å². The average Bonchev–Trinajstić information content (AvgIpc) is 3.32. The zero-order chi connectivity index (χ0) is 31.8. The van der Waals surface area contributed by atoms with Crippen molar-refractivity contribution in [3.63, 3.8) is 0 Å². The van der Waals surface area contributed by atoms with Crippen molar-refractivity contribution in [1.82, 2.24) is 4.90 Å². The predicted octanol–water partition coefficient (Wildman–Crippen LogP) is 3.17. The fourth-order valence-electron chi connectivity index (χ4n) is 6.57. The van der Waals surface area contributed by atoms with Gasteiger partial charge in [-0.1, -0.05) is 6.08 Å². The van der Waals surface area contributed by atoms with E-state index < -0.39 is 23.4 Å². The van der Waals surface area contributed by atoms with Crippen LogP contribution in [0.5, 0.6) is 23.0 Å². The first-order chi connectivity index (χ1) is 21.2. The van der Waals surface area contributed by atoms with Gasteiger partial charge in [0.05, 0.1) is 66.2 Å². The topological polar surface area (TPSA) is 125 Å². The molecule has 44 heavy (non-hydrogen) atoms. The molecule has 1 amide bonds. The fourth-order valence-corrected chi connectivity index (χ4v) is 6.57. The van der Waals surface area contributed by atoms with E-state index in [4.69, 9.17) is 33.4 Å². The first-order valence-electron chi connectivity index (χ1n) is 13.9. The van der Waals surface area contributed by atoms with E-state index in [-0.39, 0.29) is 30.1 Å². The lowest BCUT2D eigenvalue weighted by molar-refractivity contribution is -0.140. The van der Waals surface area contributed by atoms with Gasteiger partial charge in [0.25, 0.3) is 0 Å². The number of carbonyl (C=O) groups excluding carboxylic acids is 3. The highest BCUT2D eigenvalue weighted by atomic mass is 16.5. The van der Waals surface area contributed by atoms with Crippen LogP contribution in [0.25, 0.3) is 0 Å². The van der Waals surface area contributed by atoms with E-state index in [0.29, 0.717) is 47.4 Å². The summed E-state index contributed by atoms with van der Waals surface area (Å²) < 4.78 is 32.5. The van der Waals surface area contributed by atoms with Crippen molar-refractivity contribution in [2.45, 2.75) is 30.8 Å². The van der Waals surface area contributed by atoms with Gasteiger partial charge in [0.1, 0.15) is 11.6 Å². The van der Waals surface area contributed by atoms with E-state index in [1.807, 2.05) is 23.1 Å². The van der Waals surface area contributed by atoms with Gasteiger partial charge >= 0.3 is 11.9 Å². The van der Waals surface area contributed by atoms with Crippen molar-refractivity contribution in [3.8, 4) is 23.0 Å². The Hall–Kier alpha value is -5.00. The fraction of sp³-hybridized carbons (Fsp3) is 0.375. The highest BCUT2D eigenvalue weighted by Gasteiger charge is 2.63. The molecule has 2 aromatic rings. The number of amidine groups is 1. The number of ether oxygens (including phenoxy) is 6. The molecule has 12 heteroatoms. The quantitative estimate of drug-likeness (QED) is 0.295. The Morgan fingerprint density at radius 1 is 0.977 bits per heavy atom. The summed E-state index contributed by atoms with van der Waals surface area (Å²) in [4.78, 5) is 48.9. The van der Waals surface area contributed by atoms with E-state index in [1.165, 1.54) is 35.5 Å². The largest absolute Gasteiger partial charge is 0.497 e. The minimum Gasteiger partial charge on any atom is -0.497 e. The summed E-state index contributed by atoms with van der Waals surface area (Å²) in [5.41, 5.74) is 1.03. The molecule has 0 saturated carbocycles. The molecule has 1 fully saturated rings. The molecular formula is C32H35N3O9. The summed E-state index contributed by atoms with van der Waals surface area (Å²) in [6.07, 6.45) is 2.16. The number of hydrogen-bond acceptors (Lipinski definition) is 11. The van der Waals surface area contributed by atoms with Gasteiger partial charge in [-0.3, -0.25) is 9.69 Å². The van der Waals surface area contributed by atoms with Crippen LogP contribution in [0, 0.1) is 0 Å². The van der Waals surface area contributed by atoms with Crippen molar-refractivity contribution < 1.29 is 42.8 Å². The molecule has 12 nitrogen and oxygen atoms in total. The van der Waals surface area contributed by atoms with Crippen molar-refractivity contribution in [3.05, 3.63) is 65.4 Å². The molecule has 0 aromatic heterocycles. The zero-order valence-electron chi connectivity index (χ0n) is 25.6. The first kappa shape index (κ1) is 30.5. The number of rotatable bonds is 10. The predicted molar refractivity (Wildman–Crippen MR) is 160 cm³/mol. The number of piperidine rings is 1. The van der Waals surface area contributed by atoms with Gasteiger partial charge in [0, 0.05) is 18.7 Å². The van der Waals surface area contributed by atoms with Gasteiger partial charge in [0.15, 0.2) is 17.2 Å². The van der Waals surface area contributed by atoms with Crippen LogP contribution in [0.15, 0.2) is 59.2 Å². The lowest BCUT2D eigenvalue weighted by Crippen LogP contribution is -2.63. The molecule has 1 spiro atoms. The molecule has 3 heterocycles. The monoisotopic (exact) mass is 605 g/mol. The van der Waals surface area contributed by atoms with Crippen LogP contribution in [-0.2, 0) is 35.8 Å². The van der Waals surface area contributed by atoms with E-state index in [1.54, 1.807) is 30.2 Å². The molecular weight excluding hydrogens is 570 g/mol. The third kappa shape index (κ3) is 4.52. The number of likely N-dealkylation sites (tertiary alicyclic amines) is 1. The van der Waals surface area contributed by atoms with E-state index >= 15 is 0 Å². The molecule has 0 aliphatic carbocycles. The third-order valence-corrected chi connectivity index (χ3v) is 8.38. The number of amides is 1. The SMILES string of the molecule is C=CCN1c2ccc(OC)cc2[C@]23CCC(=O)N(Cc4cc(OC)c(OC)c(OC)c4)C2=NC(C(=O)OC)=C(C(=O)OC)C13. The van der Waals surface area contributed by atoms with E-state index in [0.717, 1.165) is 11.3 Å². The second kappa shape index (κ2) is 11.9. The molecule has 5 rings (SSSR count). The van der Waals surface area contributed by atoms with Crippen LogP contribution < -0.4 is 23.8 Å². The lowest BCUT2D eigenvalue weighted by atomic mass is 9.65. The number of anilines is 1. The van der Waals surface area contributed by atoms with Gasteiger partial charge in [0.2, 0.25) is 11.7 Å². The number of benzene rings is 2. The van der Waals surface area contributed by atoms with Crippen molar-refractivity contribution >= 4 is 29.4 Å². The lowest BCUT2D eigenvalue weighted by Gasteiger charge is -2.48. The molecule has 1 saturated heterocycles. The summed E-state index contributed by atoms with van der Waals surface area (Å²) in [5, 5.41) is 0. The molecule has 3 aliphatic rings. The summed E-state index contributed by atoms with van der Waals surface area (Å²) >= 11 is 0. The van der Waals surface area contributed by atoms with Crippen LogP contribution in [0.2, 0.25) is 0 Å². The van der Waals surface area contributed by atoms with E-state index in [2.05, 4.69) is 6.58 Å². The van der Waals surface area contributed by atoms with Crippen molar-refractivity contribution in [2.75, 3.05) is 54.1 Å². The standard InChI is InChI=1S/C32H35N3O9/c1-8-13-34-21-10-9-19(39-2)16-20(21)32-12-11-24(36)35(17-18-14-22(40-3)27(42-5)23(15-18)41-4)31(32)33-26(30(38)44-7)25(28(32)34)29(37)43-6/h8-10,14-16,28H,1,11-13,17H2,2-7H3/t28?,32-/m0/s1. The zero-order valence-corrected chi connectivity index (χ0v) is 25.6. The Balaban J connectivity index is 1.80. The molecule has 0 N–H and O–H groups in total. The van der Waals surface area contributed by atoms with Gasteiger partial charge in [-0.15, -0.1) is 6.58 Å². The maximum atomic E-state index is 13.8. The highest BCUT2D eigenvalue weighted by molar-refractivity contribution is 6.16. The first-order valence-corrected chi connectivity index (χ1v) is 13.9. The molecule has 3 aliphatic heterocycles. The molecule has 0 bridgehead atoms. The van der Waals surface area contributed by atoms with Gasteiger partial charge in [-0.25, -0.2) is 14.6 Å². The molecule has 232 valence electrons. The number of methoxy groups -OCH3 is 6. The Bertz CT molecular complexity index is 1570. The maximum Gasteiger partial charge on any atom is 0.357 e. The number of esters is 2. The summed E-state index contributed by atoms with van der Waals surface area (Å²) in [5.74, 6) is 0.379. The minimum absolute atomic E-state index is 0.0437. The molecule has 2 aromatic carbocycles. The second-order valence-corrected chi connectivity index (χ2v) is 10.4. The number of fused-ring (bicyclic) bond motifs is 1. The normalized spacial score (nSPS) is 20.2. The summed E-state index contributed by atoms with van der Waals surface area (Å²) in [6.45, 7) is 4.33. The van der Waals surface area contributed by atoms with Gasteiger partial charge in [-0.05, 0) is 47.9 Å². The summed E-state index contributed by atoms with van der Waals surface area (Å²) in [6, 6.07) is 8.35. The van der Waals surface area contributed by atoms with Crippen LogP contribution in [0.4, 0.5) is 5.69 Å². The molecule has 1 unspecified atom stereocenters.